The first-order chi connectivity index (χ1) is 22.2. The van der Waals surface area contributed by atoms with Crippen LogP contribution in [0.1, 0.15) is 74.1 Å². The van der Waals surface area contributed by atoms with E-state index in [0.29, 0.717) is 25.7 Å². The van der Waals surface area contributed by atoms with Gasteiger partial charge in [0.15, 0.2) is 0 Å². The second-order valence-corrected chi connectivity index (χ2v) is 18.3. The first-order valence-electron chi connectivity index (χ1n) is 16.5. The molecule has 2 saturated heterocycles. The summed E-state index contributed by atoms with van der Waals surface area (Å²) in [6.07, 6.45) is 3.20. The van der Waals surface area contributed by atoms with Crippen LogP contribution in [0, 0.1) is 0 Å². The lowest BCUT2D eigenvalue weighted by Gasteiger charge is -2.38. The van der Waals surface area contributed by atoms with Gasteiger partial charge in [0.25, 0.3) is 0 Å². The third-order valence-corrected chi connectivity index (χ3v) is 11.7. The number of carbonyl (C=O) groups excluding carboxylic acids is 3. The van der Waals surface area contributed by atoms with Crippen LogP contribution in [0.4, 0.5) is 9.59 Å². The molecule has 0 aromatic carbocycles. The van der Waals surface area contributed by atoms with E-state index in [2.05, 4.69) is 34.3 Å². The number of piperidine rings is 2. The molecule has 1 N–H and O–H groups in total. The third kappa shape index (κ3) is 15.0. The molecule has 2 fully saturated rings. The Bertz CT molecular complexity index is 1200. The van der Waals surface area contributed by atoms with Gasteiger partial charge in [0.1, 0.15) is 11.2 Å². The number of amides is 3. The summed E-state index contributed by atoms with van der Waals surface area (Å²) in [6.45, 7) is 17.8. The van der Waals surface area contributed by atoms with Gasteiger partial charge in [0, 0.05) is 56.7 Å². The van der Waals surface area contributed by atoms with E-state index in [1.807, 2.05) is 74.1 Å². The molecule has 0 radical (unpaired) electrons. The first kappa shape index (κ1) is 39.5. The van der Waals surface area contributed by atoms with E-state index in [-0.39, 0.29) is 24.1 Å². The van der Waals surface area contributed by atoms with Crippen molar-refractivity contribution < 1.29 is 23.9 Å². The highest BCUT2D eigenvalue weighted by Gasteiger charge is 2.32. The van der Waals surface area contributed by atoms with E-state index >= 15 is 0 Å². The summed E-state index contributed by atoms with van der Waals surface area (Å²) in [5.41, 5.74) is -0.945. The number of nitrogens with zero attached hydrogens (tertiary/aromatic N) is 3. The fourth-order valence-corrected chi connectivity index (χ4v) is 8.88. The Kier molecular flexibility index (Phi) is 16.2. The predicted molar refractivity (Wildman–Crippen MR) is 197 cm³/mol. The summed E-state index contributed by atoms with van der Waals surface area (Å²) in [5.74, 6) is 1.85. The van der Waals surface area contributed by atoms with Gasteiger partial charge in [-0.15, -0.1) is 46.2 Å². The Hall–Kier alpha value is -1.93. The van der Waals surface area contributed by atoms with Gasteiger partial charge < -0.3 is 29.5 Å². The van der Waals surface area contributed by atoms with Gasteiger partial charge in [0.05, 0.1) is 8.42 Å². The van der Waals surface area contributed by atoms with E-state index in [9.17, 15) is 14.4 Å². The van der Waals surface area contributed by atoms with Gasteiger partial charge in [-0.05, 0) is 103 Å². The zero-order valence-electron chi connectivity index (χ0n) is 29.1. The van der Waals surface area contributed by atoms with Crippen molar-refractivity contribution in [3.8, 4) is 0 Å². The molecule has 13 heteroatoms. The van der Waals surface area contributed by atoms with Gasteiger partial charge in [-0.2, -0.15) is 0 Å². The fraction of sp³-hybridized carbons (Fsp3) is 0.676. The molecular formula is C34H54N4O5S4. The lowest BCUT2D eigenvalue weighted by atomic mass is 10.0. The van der Waals surface area contributed by atoms with Crippen LogP contribution in [0.25, 0.3) is 0 Å². The molecule has 2 aliphatic heterocycles. The highest BCUT2D eigenvalue weighted by Crippen LogP contribution is 2.27. The SMILES string of the molecule is CC(=O)N1CCC(N(CCSc2cccs2)C(=O)OC(C)(C)C)CC1.CC(C)(C)OC(=O)N(CCSc1cccs1)C1CCNCC1. The molecule has 0 bridgehead atoms. The second-order valence-electron chi connectivity index (χ2n) is 13.6. The highest BCUT2D eigenvalue weighted by molar-refractivity contribution is 8.01. The molecule has 2 aromatic heterocycles. The van der Waals surface area contributed by atoms with Crippen LogP contribution in [-0.2, 0) is 14.3 Å². The van der Waals surface area contributed by atoms with Gasteiger partial charge in [-0.1, -0.05) is 12.1 Å². The summed E-state index contributed by atoms with van der Waals surface area (Å²) in [6, 6.07) is 8.74. The Morgan fingerprint density at radius 3 is 1.57 bits per heavy atom. The Balaban J connectivity index is 0.000000257. The highest BCUT2D eigenvalue weighted by atomic mass is 32.2. The van der Waals surface area contributed by atoms with Crippen LogP contribution in [0.5, 0.6) is 0 Å². The van der Waals surface area contributed by atoms with Crippen molar-refractivity contribution in [1.82, 2.24) is 20.0 Å². The number of ether oxygens (including phenoxy) is 2. The van der Waals surface area contributed by atoms with E-state index in [1.165, 1.54) is 8.42 Å². The van der Waals surface area contributed by atoms with Crippen LogP contribution >= 0.6 is 46.2 Å². The van der Waals surface area contributed by atoms with Gasteiger partial charge in [0.2, 0.25) is 5.91 Å². The van der Waals surface area contributed by atoms with E-state index in [0.717, 1.165) is 56.8 Å². The van der Waals surface area contributed by atoms with Gasteiger partial charge in [-0.3, -0.25) is 4.79 Å². The predicted octanol–water partition coefficient (Wildman–Crippen LogP) is 7.92. The first-order valence-corrected chi connectivity index (χ1v) is 20.2. The standard InChI is InChI=1S/C18H28N2O3S2.C16H26N2O2S2/c1-14(21)19-9-7-15(8-10-19)20(17(22)23-18(2,3)4)11-13-25-16-6-5-12-24-16;1-16(2,3)20-15(19)18(13-6-8-17-9-7-13)10-12-22-14-5-4-11-21-14/h5-6,12,15H,7-11,13H2,1-4H3;4-5,11,13,17H,6-10,12H2,1-3H3. The van der Waals surface area contributed by atoms with Gasteiger partial charge >= 0.3 is 12.2 Å². The molecule has 0 spiro atoms. The quantitative estimate of drug-likeness (QED) is 0.247. The molecule has 3 amide bonds. The smallest absolute Gasteiger partial charge is 0.410 e. The summed E-state index contributed by atoms with van der Waals surface area (Å²) >= 11 is 7.04. The molecule has 264 valence electrons. The molecule has 4 heterocycles. The van der Waals surface area contributed by atoms with Crippen LogP contribution in [-0.4, -0.2) is 107 Å². The zero-order chi connectivity index (χ0) is 34.5. The Morgan fingerprint density at radius 2 is 1.21 bits per heavy atom. The Morgan fingerprint density at radius 1 is 0.787 bits per heavy atom. The van der Waals surface area contributed by atoms with Crippen LogP contribution < -0.4 is 5.32 Å². The molecule has 0 saturated carbocycles. The molecule has 0 unspecified atom stereocenters. The number of thiophene rings is 2. The minimum atomic E-state index is -0.504. The van der Waals surface area contributed by atoms with E-state index in [4.69, 9.17) is 9.47 Å². The van der Waals surface area contributed by atoms with Crippen molar-refractivity contribution in [2.45, 2.75) is 106 Å². The maximum atomic E-state index is 12.7. The van der Waals surface area contributed by atoms with Crippen molar-refractivity contribution >= 4 is 64.3 Å². The summed E-state index contributed by atoms with van der Waals surface area (Å²) in [5, 5.41) is 7.50. The van der Waals surface area contributed by atoms with Crippen LogP contribution in [0.15, 0.2) is 43.4 Å². The van der Waals surface area contributed by atoms with Crippen LogP contribution in [0.3, 0.4) is 0 Å². The molecule has 4 rings (SSSR count). The average molecular weight is 727 g/mol. The van der Waals surface area contributed by atoms with Crippen molar-refractivity contribution in [2.24, 2.45) is 0 Å². The third-order valence-electron chi connectivity index (χ3n) is 7.50. The molecule has 9 nitrogen and oxygen atoms in total. The maximum absolute atomic E-state index is 12.7. The number of thioether (sulfide) groups is 2. The van der Waals surface area contributed by atoms with Crippen molar-refractivity contribution in [3.63, 3.8) is 0 Å². The lowest BCUT2D eigenvalue weighted by Crippen LogP contribution is -2.50. The van der Waals surface area contributed by atoms with Crippen LogP contribution in [0.2, 0.25) is 0 Å². The Labute approximate surface area is 298 Å². The molecule has 47 heavy (non-hydrogen) atoms. The van der Waals surface area contributed by atoms with Gasteiger partial charge in [-0.25, -0.2) is 9.59 Å². The largest absolute Gasteiger partial charge is 0.444 e. The van der Waals surface area contributed by atoms with Crippen molar-refractivity contribution in [3.05, 3.63) is 35.0 Å². The lowest BCUT2D eigenvalue weighted by molar-refractivity contribution is -0.130. The molecule has 2 aliphatic rings. The number of hydrogen-bond acceptors (Lipinski definition) is 10. The maximum Gasteiger partial charge on any atom is 0.410 e. The van der Waals surface area contributed by atoms with Crippen molar-refractivity contribution in [1.29, 1.82) is 0 Å². The number of carbonyl (C=O) groups is 3. The minimum Gasteiger partial charge on any atom is -0.444 e. The molecular weight excluding hydrogens is 673 g/mol. The topological polar surface area (TPSA) is 91.4 Å². The molecule has 2 aromatic rings. The zero-order valence-corrected chi connectivity index (χ0v) is 32.4. The molecule has 0 aliphatic carbocycles. The molecule has 0 atom stereocenters. The number of rotatable bonds is 10. The summed E-state index contributed by atoms with van der Waals surface area (Å²) < 4.78 is 13.8. The van der Waals surface area contributed by atoms with E-state index in [1.54, 1.807) is 41.4 Å². The minimum absolute atomic E-state index is 0.107. The summed E-state index contributed by atoms with van der Waals surface area (Å²) in [7, 11) is 0. The number of likely N-dealkylation sites (tertiary alicyclic amines) is 1. The fourth-order valence-electron chi connectivity index (χ4n) is 5.28. The van der Waals surface area contributed by atoms with E-state index < -0.39 is 11.2 Å². The van der Waals surface area contributed by atoms with Crippen molar-refractivity contribution in [2.75, 3.05) is 50.8 Å². The average Bonchev–Trinajstić information content (AvgIpc) is 3.71. The summed E-state index contributed by atoms with van der Waals surface area (Å²) in [4.78, 5) is 42.4. The second kappa shape index (κ2) is 19.3. The number of nitrogens with one attached hydrogen (secondary N) is 1. The number of hydrogen-bond donors (Lipinski definition) is 1. The monoisotopic (exact) mass is 726 g/mol. The normalized spacial score (nSPS) is 16.2.